The Hall–Kier alpha value is -0.290. The van der Waals surface area contributed by atoms with Crippen LogP contribution in [0.3, 0.4) is 0 Å². The Morgan fingerprint density at radius 3 is 2.90 bits per heavy atom. The normalized spacial score (nSPS) is 30.9. The first-order valence-corrected chi connectivity index (χ1v) is 4.03. The van der Waals surface area contributed by atoms with Crippen LogP contribution in [-0.4, -0.2) is 35.3 Å². The van der Waals surface area contributed by atoms with E-state index in [9.17, 15) is 4.79 Å². The number of ether oxygens (including phenoxy) is 1. The zero-order chi connectivity index (χ0) is 7.56. The Bertz CT molecular complexity index is 139. The minimum absolute atomic E-state index is 0.0103. The topological polar surface area (TPSA) is 58.6 Å². The van der Waals surface area contributed by atoms with E-state index >= 15 is 0 Å². The zero-order valence-corrected chi connectivity index (χ0v) is 6.80. The van der Waals surface area contributed by atoms with Gasteiger partial charge >= 0.3 is 6.09 Å². The van der Waals surface area contributed by atoms with E-state index in [4.69, 9.17) is 9.84 Å². The molecule has 0 bridgehead atoms. The van der Waals surface area contributed by atoms with Crippen molar-refractivity contribution in [3.63, 3.8) is 0 Å². The quantitative estimate of drug-likeness (QED) is 0.649. The molecule has 0 aromatic carbocycles. The highest BCUT2D eigenvalue weighted by molar-refractivity contribution is 9.09. The molecule has 1 amide bonds. The number of amides is 1. The first-order chi connectivity index (χ1) is 4.74. The minimum Gasteiger partial charge on any atom is -0.465 e. The van der Waals surface area contributed by atoms with Crippen molar-refractivity contribution in [2.45, 2.75) is 12.1 Å². The van der Waals surface area contributed by atoms with Gasteiger partial charge in [0, 0.05) is 5.33 Å². The summed E-state index contributed by atoms with van der Waals surface area (Å²) in [4.78, 5) is 10.1. The van der Waals surface area contributed by atoms with Crippen LogP contribution in [0.15, 0.2) is 0 Å². The molecule has 0 aromatic heterocycles. The first kappa shape index (κ1) is 7.81. The summed E-state index contributed by atoms with van der Waals surface area (Å²) in [6.45, 7) is 0.489. The van der Waals surface area contributed by atoms with Gasteiger partial charge in [-0.1, -0.05) is 15.9 Å². The minimum atomic E-state index is -0.987. The monoisotopic (exact) mass is 209 g/mol. The lowest BCUT2D eigenvalue weighted by Gasteiger charge is -2.35. The summed E-state index contributed by atoms with van der Waals surface area (Å²) in [5, 5.41) is 11.3. The maximum atomic E-state index is 10.1. The van der Waals surface area contributed by atoms with Crippen molar-refractivity contribution in [2.75, 3.05) is 11.9 Å². The summed E-state index contributed by atoms with van der Waals surface area (Å²) in [6.07, 6.45) is -0.977. The van der Waals surface area contributed by atoms with Crippen molar-refractivity contribution >= 4 is 22.0 Å². The average Bonchev–Trinajstić information content (AvgIpc) is 1.82. The van der Waals surface area contributed by atoms with E-state index in [0.29, 0.717) is 11.9 Å². The van der Waals surface area contributed by atoms with Gasteiger partial charge < -0.3 is 15.2 Å². The molecule has 1 rings (SSSR count). The molecule has 58 valence electrons. The van der Waals surface area contributed by atoms with Gasteiger partial charge in [-0.25, -0.2) is 4.79 Å². The first-order valence-electron chi connectivity index (χ1n) is 2.91. The van der Waals surface area contributed by atoms with Crippen LogP contribution in [0.2, 0.25) is 0 Å². The van der Waals surface area contributed by atoms with E-state index < -0.39 is 6.09 Å². The van der Waals surface area contributed by atoms with Crippen LogP contribution < -0.4 is 5.32 Å². The fourth-order valence-electron chi connectivity index (χ4n) is 0.774. The van der Waals surface area contributed by atoms with Crippen LogP contribution in [0.1, 0.15) is 0 Å². The summed E-state index contributed by atoms with van der Waals surface area (Å²) in [5.41, 5.74) is 0. The van der Waals surface area contributed by atoms with Gasteiger partial charge in [0.05, 0.1) is 18.8 Å². The van der Waals surface area contributed by atoms with E-state index in [1.807, 2.05) is 0 Å². The third-order valence-corrected chi connectivity index (χ3v) is 2.04. The Kier molecular flexibility index (Phi) is 2.50. The van der Waals surface area contributed by atoms with Crippen LogP contribution in [-0.2, 0) is 4.74 Å². The molecule has 2 N–H and O–H groups in total. The highest BCUT2D eigenvalue weighted by atomic mass is 79.9. The largest absolute Gasteiger partial charge is 0.465 e. The molecule has 0 saturated carbocycles. The van der Waals surface area contributed by atoms with Crippen LogP contribution in [0.4, 0.5) is 4.79 Å². The summed E-state index contributed by atoms with van der Waals surface area (Å²) < 4.78 is 5.02. The van der Waals surface area contributed by atoms with Crippen LogP contribution >= 0.6 is 15.9 Å². The molecule has 1 aliphatic heterocycles. The maximum absolute atomic E-state index is 10.1. The average molecular weight is 210 g/mol. The van der Waals surface area contributed by atoms with Gasteiger partial charge in [-0.05, 0) is 0 Å². The Labute approximate surface area is 66.7 Å². The molecule has 1 aliphatic rings. The maximum Gasteiger partial charge on any atom is 0.405 e. The van der Waals surface area contributed by atoms with Gasteiger partial charge in [0.2, 0.25) is 0 Å². The number of alkyl halides is 1. The van der Waals surface area contributed by atoms with Gasteiger partial charge in [-0.3, -0.25) is 0 Å². The van der Waals surface area contributed by atoms with Gasteiger partial charge in [0.15, 0.2) is 0 Å². The zero-order valence-electron chi connectivity index (χ0n) is 5.21. The molecule has 2 unspecified atom stereocenters. The standard InChI is InChI=1S/C5H8BrNO3/c6-1-4-3(2-10-4)7-5(8)9/h3-4,7H,1-2H2,(H,8,9). The molecule has 10 heavy (non-hydrogen) atoms. The van der Waals surface area contributed by atoms with E-state index in [2.05, 4.69) is 21.2 Å². The summed E-state index contributed by atoms with van der Waals surface area (Å²) in [7, 11) is 0. The molecule has 0 aromatic rings. The molecular weight excluding hydrogens is 202 g/mol. The van der Waals surface area contributed by atoms with Crippen molar-refractivity contribution in [3.8, 4) is 0 Å². The summed E-state index contributed by atoms with van der Waals surface area (Å²) in [6, 6.07) is -0.0307. The van der Waals surface area contributed by atoms with Crippen molar-refractivity contribution < 1.29 is 14.6 Å². The van der Waals surface area contributed by atoms with E-state index in [0.717, 1.165) is 0 Å². The second-order valence-electron chi connectivity index (χ2n) is 2.08. The number of rotatable bonds is 2. The van der Waals surface area contributed by atoms with E-state index in [1.165, 1.54) is 0 Å². The molecule has 0 spiro atoms. The smallest absolute Gasteiger partial charge is 0.405 e. The molecule has 0 aliphatic carbocycles. The second-order valence-corrected chi connectivity index (χ2v) is 2.73. The number of carbonyl (C=O) groups is 1. The highest BCUT2D eigenvalue weighted by Gasteiger charge is 2.32. The van der Waals surface area contributed by atoms with Gasteiger partial charge in [-0.15, -0.1) is 0 Å². The van der Waals surface area contributed by atoms with Crippen molar-refractivity contribution in [2.24, 2.45) is 0 Å². The summed E-state index contributed by atoms with van der Waals surface area (Å²) >= 11 is 3.20. The fourth-order valence-corrected chi connectivity index (χ4v) is 1.41. The van der Waals surface area contributed by atoms with Gasteiger partial charge in [0.1, 0.15) is 0 Å². The van der Waals surface area contributed by atoms with Crippen molar-refractivity contribution in [3.05, 3.63) is 0 Å². The number of hydrogen-bond donors (Lipinski definition) is 2. The van der Waals surface area contributed by atoms with Gasteiger partial charge in [0.25, 0.3) is 0 Å². The fraction of sp³-hybridized carbons (Fsp3) is 0.800. The van der Waals surface area contributed by atoms with Crippen LogP contribution in [0.5, 0.6) is 0 Å². The number of carboxylic acid groups (broad SMARTS) is 1. The molecule has 0 radical (unpaired) electrons. The Balaban J connectivity index is 2.23. The van der Waals surface area contributed by atoms with Crippen LogP contribution in [0, 0.1) is 0 Å². The SMILES string of the molecule is O=C(O)NC1COC1CBr. The molecule has 1 saturated heterocycles. The Morgan fingerprint density at radius 1 is 1.90 bits per heavy atom. The third-order valence-electron chi connectivity index (χ3n) is 1.40. The number of nitrogens with one attached hydrogen (secondary N) is 1. The lowest BCUT2D eigenvalue weighted by atomic mass is 10.1. The second kappa shape index (κ2) is 3.21. The van der Waals surface area contributed by atoms with Gasteiger partial charge in [-0.2, -0.15) is 0 Å². The molecule has 1 fully saturated rings. The molecule has 4 nitrogen and oxygen atoms in total. The van der Waals surface area contributed by atoms with E-state index in [1.54, 1.807) is 0 Å². The van der Waals surface area contributed by atoms with Crippen LogP contribution in [0.25, 0.3) is 0 Å². The number of halogens is 1. The molecule has 1 heterocycles. The van der Waals surface area contributed by atoms with Crippen molar-refractivity contribution in [1.82, 2.24) is 5.32 Å². The number of hydrogen-bond acceptors (Lipinski definition) is 2. The Morgan fingerprint density at radius 2 is 2.60 bits per heavy atom. The predicted octanol–water partition coefficient (Wildman–Crippen LogP) is 0.416. The third kappa shape index (κ3) is 1.60. The highest BCUT2D eigenvalue weighted by Crippen LogP contribution is 2.14. The predicted molar refractivity (Wildman–Crippen MR) is 38.5 cm³/mol. The lowest BCUT2D eigenvalue weighted by Crippen LogP contribution is -2.56. The lowest BCUT2D eigenvalue weighted by molar-refractivity contribution is -0.0685. The van der Waals surface area contributed by atoms with E-state index in [-0.39, 0.29) is 12.1 Å². The molecule has 5 heteroatoms. The molecular formula is C5H8BrNO3. The molecule has 2 atom stereocenters. The summed E-state index contributed by atoms with van der Waals surface area (Å²) in [5.74, 6) is 0. The van der Waals surface area contributed by atoms with Crippen molar-refractivity contribution in [1.29, 1.82) is 0 Å².